The number of benzene rings is 2. The van der Waals surface area contributed by atoms with Gasteiger partial charge in [-0.15, -0.1) is 0 Å². The van der Waals surface area contributed by atoms with E-state index in [9.17, 15) is 9.59 Å². The van der Waals surface area contributed by atoms with Crippen molar-refractivity contribution in [1.29, 1.82) is 0 Å². The summed E-state index contributed by atoms with van der Waals surface area (Å²) >= 11 is 0. The van der Waals surface area contributed by atoms with Crippen LogP contribution in [0.4, 0.5) is 5.69 Å². The Kier molecular flexibility index (Phi) is 3.51. The van der Waals surface area contributed by atoms with E-state index in [0.29, 0.717) is 11.3 Å². The van der Waals surface area contributed by atoms with E-state index in [1.807, 2.05) is 30.3 Å². The third kappa shape index (κ3) is 3.00. The molecule has 0 spiro atoms. The van der Waals surface area contributed by atoms with Crippen molar-refractivity contribution in [2.24, 2.45) is 0 Å². The first-order valence-corrected chi connectivity index (χ1v) is 6.56. The number of rotatable bonds is 3. The number of cyclic esters (lactones) is 1. The first kappa shape index (κ1) is 13.1. The number of hydrogen-bond acceptors (Lipinski definition) is 3. The Labute approximate surface area is 122 Å². The molecule has 1 heterocycles. The van der Waals surface area contributed by atoms with Crippen molar-refractivity contribution in [3.63, 3.8) is 0 Å². The number of hydrogen-bond donors (Lipinski definition) is 1. The summed E-state index contributed by atoms with van der Waals surface area (Å²) < 4.78 is 4.92. The fourth-order valence-electron chi connectivity index (χ4n) is 2.13. The minimum atomic E-state index is -0.313. The zero-order chi connectivity index (χ0) is 14.7. The second-order valence-electron chi connectivity index (χ2n) is 4.68. The van der Waals surface area contributed by atoms with Gasteiger partial charge in [0.1, 0.15) is 6.61 Å². The number of amides is 1. The Hall–Kier alpha value is -2.88. The van der Waals surface area contributed by atoms with E-state index in [1.165, 1.54) is 6.08 Å². The summed E-state index contributed by atoms with van der Waals surface area (Å²) in [4.78, 5) is 23.2. The van der Waals surface area contributed by atoms with E-state index >= 15 is 0 Å². The quantitative estimate of drug-likeness (QED) is 0.694. The van der Waals surface area contributed by atoms with Crippen LogP contribution in [0.3, 0.4) is 0 Å². The topological polar surface area (TPSA) is 55.4 Å². The van der Waals surface area contributed by atoms with Crippen LogP contribution >= 0.6 is 0 Å². The van der Waals surface area contributed by atoms with Gasteiger partial charge in [0.15, 0.2) is 0 Å². The van der Waals surface area contributed by atoms with E-state index in [0.717, 1.165) is 11.1 Å². The molecule has 4 heteroatoms. The Bertz CT molecular complexity index is 720. The lowest BCUT2D eigenvalue weighted by Crippen LogP contribution is -2.08. The van der Waals surface area contributed by atoms with E-state index in [-0.39, 0.29) is 18.5 Å². The summed E-state index contributed by atoms with van der Waals surface area (Å²) in [5.74, 6) is -0.532. The van der Waals surface area contributed by atoms with E-state index in [4.69, 9.17) is 4.74 Å². The van der Waals surface area contributed by atoms with Gasteiger partial charge in [-0.1, -0.05) is 30.3 Å². The molecule has 0 unspecified atom stereocenters. The first-order chi connectivity index (χ1) is 10.2. The monoisotopic (exact) mass is 279 g/mol. The van der Waals surface area contributed by atoms with Crippen molar-refractivity contribution < 1.29 is 14.3 Å². The summed E-state index contributed by atoms with van der Waals surface area (Å²) in [6, 6.07) is 14.7. The number of anilines is 1. The van der Waals surface area contributed by atoms with Crippen molar-refractivity contribution in [3.05, 3.63) is 71.3 Å². The van der Waals surface area contributed by atoms with Crippen LogP contribution in [0.25, 0.3) is 6.08 Å². The van der Waals surface area contributed by atoms with Crippen LogP contribution in [0, 0.1) is 0 Å². The first-order valence-electron chi connectivity index (χ1n) is 6.56. The molecular weight excluding hydrogens is 266 g/mol. The smallest absolute Gasteiger partial charge is 0.338 e. The average Bonchev–Trinajstić information content (AvgIpc) is 2.87. The zero-order valence-electron chi connectivity index (χ0n) is 11.2. The molecule has 0 atom stereocenters. The molecule has 1 aliphatic heterocycles. The molecule has 2 aromatic carbocycles. The van der Waals surface area contributed by atoms with Gasteiger partial charge in [-0.2, -0.15) is 0 Å². The Morgan fingerprint density at radius 2 is 1.95 bits per heavy atom. The fraction of sp³-hybridized carbons (Fsp3) is 0.0588. The van der Waals surface area contributed by atoms with Crippen molar-refractivity contribution in [3.8, 4) is 0 Å². The van der Waals surface area contributed by atoms with Gasteiger partial charge in [0, 0.05) is 17.3 Å². The molecule has 0 saturated heterocycles. The minimum Gasteiger partial charge on any atom is -0.457 e. The molecule has 0 saturated carbocycles. The molecule has 0 aliphatic carbocycles. The Morgan fingerprint density at radius 1 is 1.14 bits per heavy atom. The molecule has 0 bridgehead atoms. The molecular formula is C17H13NO3. The van der Waals surface area contributed by atoms with Crippen molar-refractivity contribution in [2.45, 2.75) is 6.61 Å². The fourth-order valence-corrected chi connectivity index (χ4v) is 2.13. The van der Waals surface area contributed by atoms with Crippen LogP contribution in [0.1, 0.15) is 21.5 Å². The number of carbonyl (C=O) groups is 2. The number of fused-ring (bicyclic) bond motifs is 1. The molecule has 21 heavy (non-hydrogen) atoms. The van der Waals surface area contributed by atoms with Crippen LogP contribution in [-0.4, -0.2) is 11.9 Å². The second-order valence-corrected chi connectivity index (χ2v) is 4.68. The predicted molar refractivity (Wildman–Crippen MR) is 79.7 cm³/mol. The molecule has 3 rings (SSSR count). The Morgan fingerprint density at radius 3 is 2.76 bits per heavy atom. The third-order valence-corrected chi connectivity index (χ3v) is 3.18. The summed E-state index contributed by atoms with van der Waals surface area (Å²) in [5.41, 5.74) is 2.97. The second kappa shape index (κ2) is 5.63. The van der Waals surface area contributed by atoms with E-state index < -0.39 is 0 Å². The highest BCUT2D eigenvalue weighted by molar-refractivity contribution is 6.02. The van der Waals surface area contributed by atoms with Crippen LogP contribution in [0.5, 0.6) is 0 Å². The summed E-state index contributed by atoms with van der Waals surface area (Å²) in [6.07, 6.45) is 3.22. The van der Waals surface area contributed by atoms with Crippen LogP contribution < -0.4 is 5.32 Å². The van der Waals surface area contributed by atoms with Gasteiger partial charge in [0.25, 0.3) is 0 Å². The summed E-state index contributed by atoms with van der Waals surface area (Å²) in [6.45, 7) is 0.262. The zero-order valence-corrected chi connectivity index (χ0v) is 11.2. The lowest BCUT2D eigenvalue weighted by atomic mass is 10.1. The predicted octanol–water partition coefficient (Wildman–Crippen LogP) is 3.01. The van der Waals surface area contributed by atoms with Crippen molar-refractivity contribution in [2.75, 3.05) is 5.32 Å². The van der Waals surface area contributed by atoms with Gasteiger partial charge in [-0.25, -0.2) is 4.79 Å². The standard InChI is InChI=1S/C17H13NO3/c19-16(9-6-12-4-2-1-3-5-12)18-14-7-8-15-13(10-14)11-21-17(15)20/h1-10H,11H2,(H,18,19)/b9-6-. The molecule has 104 valence electrons. The van der Waals surface area contributed by atoms with Gasteiger partial charge >= 0.3 is 5.97 Å². The van der Waals surface area contributed by atoms with E-state index in [1.54, 1.807) is 24.3 Å². The van der Waals surface area contributed by atoms with E-state index in [2.05, 4.69) is 5.32 Å². The molecule has 1 N–H and O–H groups in total. The average molecular weight is 279 g/mol. The maximum atomic E-state index is 11.9. The van der Waals surface area contributed by atoms with Gasteiger partial charge in [-0.3, -0.25) is 4.79 Å². The highest BCUT2D eigenvalue weighted by atomic mass is 16.5. The van der Waals surface area contributed by atoms with Crippen LogP contribution in [0.2, 0.25) is 0 Å². The van der Waals surface area contributed by atoms with Gasteiger partial charge in [-0.05, 0) is 29.8 Å². The summed E-state index contributed by atoms with van der Waals surface area (Å²) in [5, 5.41) is 2.76. The van der Waals surface area contributed by atoms with Gasteiger partial charge in [0.05, 0.1) is 5.56 Å². The van der Waals surface area contributed by atoms with Crippen molar-refractivity contribution in [1.82, 2.24) is 0 Å². The van der Waals surface area contributed by atoms with Crippen LogP contribution in [0.15, 0.2) is 54.6 Å². The maximum absolute atomic E-state index is 11.9. The molecule has 1 aliphatic rings. The molecule has 4 nitrogen and oxygen atoms in total. The van der Waals surface area contributed by atoms with Gasteiger partial charge < -0.3 is 10.1 Å². The molecule has 0 fully saturated rings. The lowest BCUT2D eigenvalue weighted by molar-refractivity contribution is -0.111. The number of nitrogens with one attached hydrogen (secondary N) is 1. The largest absolute Gasteiger partial charge is 0.457 e. The van der Waals surface area contributed by atoms with Crippen molar-refractivity contribution >= 4 is 23.6 Å². The molecule has 0 radical (unpaired) electrons. The Balaban J connectivity index is 1.68. The minimum absolute atomic E-state index is 0.218. The van der Waals surface area contributed by atoms with Crippen LogP contribution in [-0.2, 0) is 16.1 Å². The lowest BCUT2D eigenvalue weighted by Gasteiger charge is -2.03. The highest BCUT2D eigenvalue weighted by Crippen LogP contribution is 2.23. The maximum Gasteiger partial charge on any atom is 0.338 e. The number of esters is 1. The molecule has 1 amide bonds. The normalized spacial score (nSPS) is 13.0. The SMILES string of the molecule is O=C(/C=C\c1ccccc1)Nc1ccc2c(c1)COC2=O. The molecule has 0 aromatic heterocycles. The molecule has 2 aromatic rings. The highest BCUT2D eigenvalue weighted by Gasteiger charge is 2.20. The number of carbonyl (C=O) groups excluding carboxylic acids is 2. The summed E-state index contributed by atoms with van der Waals surface area (Å²) in [7, 11) is 0. The number of ether oxygens (including phenoxy) is 1. The third-order valence-electron chi connectivity index (χ3n) is 3.18. The van der Waals surface area contributed by atoms with Gasteiger partial charge in [0.2, 0.25) is 5.91 Å².